The van der Waals surface area contributed by atoms with Crippen LogP contribution in [0.1, 0.15) is 18.0 Å². The Hall–Kier alpha value is -2.66. The van der Waals surface area contributed by atoms with E-state index in [9.17, 15) is 27.6 Å². The van der Waals surface area contributed by atoms with Gasteiger partial charge in [0.2, 0.25) is 11.8 Å². The number of ether oxygens (including phenoxy) is 1. The van der Waals surface area contributed by atoms with Crippen molar-refractivity contribution in [1.29, 1.82) is 0 Å². The summed E-state index contributed by atoms with van der Waals surface area (Å²) in [7, 11) is 0. The van der Waals surface area contributed by atoms with Gasteiger partial charge in [-0.2, -0.15) is 5.06 Å². The fraction of sp³-hybridized carbons (Fsp3) is 0.400. The Labute approximate surface area is 145 Å². The molecule has 3 atom stereocenters. The van der Waals surface area contributed by atoms with Crippen LogP contribution in [0.15, 0.2) is 24.3 Å². The van der Waals surface area contributed by atoms with Crippen LogP contribution in [0.4, 0.5) is 13.2 Å². The highest BCUT2D eigenvalue weighted by atomic mass is 19.4. The van der Waals surface area contributed by atoms with E-state index in [2.05, 4.69) is 10.1 Å². The highest BCUT2D eigenvalue weighted by Crippen LogP contribution is 2.43. The molecule has 1 aromatic rings. The molecule has 140 valence electrons. The van der Waals surface area contributed by atoms with Crippen LogP contribution in [0.3, 0.4) is 0 Å². The Morgan fingerprint density at radius 1 is 1.31 bits per heavy atom. The second kappa shape index (κ2) is 6.57. The number of amides is 3. The third-order valence-electron chi connectivity index (χ3n) is 4.04. The Bertz CT molecular complexity index is 754. The van der Waals surface area contributed by atoms with Crippen molar-refractivity contribution in [2.45, 2.75) is 24.9 Å². The normalized spacial score (nSPS) is 25.9. The molecular weight excluding hydrogens is 359 g/mol. The van der Waals surface area contributed by atoms with Crippen LogP contribution in [0, 0.1) is 5.92 Å². The minimum absolute atomic E-state index is 0.0298. The molecule has 0 saturated carbocycles. The van der Waals surface area contributed by atoms with E-state index >= 15 is 0 Å². The van der Waals surface area contributed by atoms with Crippen LogP contribution in [-0.4, -0.2) is 41.8 Å². The number of nitrogens with zero attached hydrogens (tertiary/aromatic N) is 1. The van der Waals surface area contributed by atoms with E-state index in [4.69, 9.17) is 10.6 Å². The molecule has 3 amide bonds. The van der Waals surface area contributed by atoms with Gasteiger partial charge in [0.25, 0.3) is 5.91 Å². The molecule has 0 bridgehead atoms. The van der Waals surface area contributed by atoms with Gasteiger partial charge < -0.3 is 10.5 Å². The molecule has 3 unspecified atom stereocenters. The van der Waals surface area contributed by atoms with Crippen molar-refractivity contribution in [3.63, 3.8) is 0 Å². The van der Waals surface area contributed by atoms with Crippen molar-refractivity contribution in [1.82, 2.24) is 10.4 Å². The summed E-state index contributed by atoms with van der Waals surface area (Å²) in [6.07, 6.45) is -6.11. The number of hydrogen-bond acceptors (Lipinski definition) is 6. The maximum absolute atomic E-state index is 12.4. The van der Waals surface area contributed by atoms with Gasteiger partial charge in [0.05, 0.1) is 12.0 Å². The SMILES string of the molecule is NC(=O)CCN1OC2C(=O)NC(=O)C2C1c1cccc(OC(F)(F)F)c1. The first kappa shape index (κ1) is 18.1. The molecule has 2 aliphatic rings. The van der Waals surface area contributed by atoms with Crippen LogP contribution in [0.5, 0.6) is 5.75 Å². The van der Waals surface area contributed by atoms with E-state index in [1.807, 2.05) is 0 Å². The summed E-state index contributed by atoms with van der Waals surface area (Å²) in [6, 6.07) is 4.15. The summed E-state index contributed by atoms with van der Waals surface area (Å²) < 4.78 is 41.2. The molecule has 0 aromatic heterocycles. The third kappa shape index (κ3) is 3.63. The fourth-order valence-electron chi connectivity index (χ4n) is 3.07. The van der Waals surface area contributed by atoms with E-state index in [0.717, 1.165) is 12.1 Å². The van der Waals surface area contributed by atoms with Crippen LogP contribution in [-0.2, 0) is 19.2 Å². The second-order valence-electron chi connectivity index (χ2n) is 5.83. The lowest BCUT2D eigenvalue weighted by Crippen LogP contribution is -2.34. The zero-order valence-corrected chi connectivity index (χ0v) is 13.2. The maximum atomic E-state index is 12.4. The van der Waals surface area contributed by atoms with Crippen LogP contribution in [0.25, 0.3) is 0 Å². The van der Waals surface area contributed by atoms with E-state index < -0.39 is 47.9 Å². The van der Waals surface area contributed by atoms with Gasteiger partial charge in [-0.3, -0.25) is 24.5 Å². The summed E-state index contributed by atoms with van der Waals surface area (Å²) in [6.45, 7) is -0.0298. The molecule has 2 aliphatic heterocycles. The molecule has 3 N–H and O–H groups in total. The van der Waals surface area contributed by atoms with Gasteiger partial charge in [-0.25, -0.2) is 0 Å². The van der Waals surface area contributed by atoms with Crippen molar-refractivity contribution in [3.8, 4) is 5.75 Å². The number of alkyl halides is 3. The van der Waals surface area contributed by atoms with Gasteiger partial charge >= 0.3 is 6.36 Å². The monoisotopic (exact) mass is 373 g/mol. The Kier molecular flexibility index (Phi) is 4.59. The smallest absolute Gasteiger partial charge is 0.406 e. The first-order chi connectivity index (χ1) is 12.2. The third-order valence-corrected chi connectivity index (χ3v) is 4.04. The number of hydrogen-bond donors (Lipinski definition) is 2. The molecule has 26 heavy (non-hydrogen) atoms. The molecule has 1 aromatic carbocycles. The number of nitrogens with one attached hydrogen (secondary N) is 1. The Morgan fingerprint density at radius 2 is 2.04 bits per heavy atom. The first-order valence-electron chi connectivity index (χ1n) is 7.58. The number of rotatable bonds is 5. The standard InChI is InChI=1S/C15H14F3N3O5/c16-15(17,18)25-8-3-1-2-7(6-8)11-10-12(14(24)20-13(10)23)26-21(11)5-4-9(19)22/h1-3,6,10-12H,4-5H2,(H2,19,22)(H,20,23,24). The first-order valence-corrected chi connectivity index (χ1v) is 7.58. The highest BCUT2D eigenvalue weighted by Gasteiger charge is 2.56. The zero-order chi connectivity index (χ0) is 19.1. The molecular formula is C15H14F3N3O5. The van der Waals surface area contributed by atoms with Gasteiger partial charge in [-0.05, 0) is 17.7 Å². The number of nitrogens with two attached hydrogens (primary N) is 1. The molecule has 2 fully saturated rings. The fourth-order valence-corrected chi connectivity index (χ4v) is 3.07. The van der Waals surface area contributed by atoms with E-state index in [0.29, 0.717) is 0 Å². The summed E-state index contributed by atoms with van der Waals surface area (Å²) in [5, 5.41) is 3.35. The van der Waals surface area contributed by atoms with E-state index in [1.54, 1.807) is 0 Å². The second-order valence-corrected chi connectivity index (χ2v) is 5.83. The summed E-state index contributed by atoms with van der Waals surface area (Å²) in [5.74, 6) is -3.31. The quantitative estimate of drug-likeness (QED) is 0.723. The Balaban J connectivity index is 1.92. The predicted molar refractivity (Wildman–Crippen MR) is 77.9 cm³/mol. The molecule has 2 heterocycles. The van der Waals surface area contributed by atoms with Gasteiger partial charge in [-0.1, -0.05) is 12.1 Å². The molecule has 3 rings (SSSR count). The number of halogens is 3. The largest absolute Gasteiger partial charge is 0.573 e. The highest BCUT2D eigenvalue weighted by molar-refractivity contribution is 6.07. The lowest BCUT2D eigenvalue weighted by molar-refractivity contribution is -0.274. The molecule has 0 radical (unpaired) electrons. The van der Waals surface area contributed by atoms with Gasteiger partial charge in [0.15, 0.2) is 6.10 Å². The number of benzene rings is 1. The average molecular weight is 373 g/mol. The molecule has 2 saturated heterocycles. The summed E-state index contributed by atoms with van der Waals surface area (Å²) in [4.78, 5) is 40.4. The lowest BCUT2D eigenvalue weighted by Gasteiger charge is -2.25. The molecule has 11 heteroatoms. The van der Waals surface area contributed by atoms with Crippen LogP contribution >= 0.6 is 0 Å². The van der Waals surface area contributed by atoms with E-state index in [1.165, 1.54) is 17.2 Å². The molecule has 8 nitrogen and oxygen atoms in total. The molecule has 0 spiro atoms. The van der Waals surface area contributed by atoms with E-state index in [-0.39, 0.29) is 18.5 Å². The van der Waals surface area contributed by atoms with Gasteiger partial charge in [0, 0.05) is 13.0 Å². The van der Waals surface area contributed by atoms with Crippen molar-refractivity contribution in [2.24, 2.45) is 11.7 Å². The number of imide groups is 1. The van der Waals surface area contributed by atoms with Gasteiger partial charge in [-0.15, -0.1) is 13.2 Å². The van der Waals surface area contributed by atoms with Crippen LogP contribution < -0.4 is 15.8 Å². The lowest BCUT2D eigenvalue weighted by atomic mass is 9.90. The van der Waals surface area contributed by atoms with Gasteiger partial charge in [0.1, 0.15) is 5.75 Å². The number of fused-ring (bicyclic) bond motifs is 1. The number of hydroxylamine groups is 2. The predicted octanol–water partition coefficient (Wildman–Crippen LogP) is 0.390. The topological polar surface area (TPSA) is 111 Å². The number of carbonyl (C=O) groups excluding carboxylic acids is 3. The number of carbonyl (C=O) groups is 3. The van der Waals surface area contributed by atoms with Crippen molar-refractivity contribution in [3.05, 3.63) is 29.8 Å². The average Bonchev–Trinajstić information content (AvgIpc) is 3.02. The Morgan fingerprint density at radius 3 is 2.69 bits per heavy atom. The van der Waals surface area contributed by atoms with Crippen molar-refractivity contribution in [2.75, 3.05) is 6.54 Å². The minimum atomic E-state index is -4.88. The summed E-state index contributed by atoms with van der Waals surface area (Å²) >= 11 is 0. The summed E-state index contributed by atoms with van der Waals surface area (Å²) in [5.41, 5.74) is 5.38. The minimum Gasteiger partial charge on any atom is -0.406 e. The molecule has 0 aliphatic carbocycles. The zero-order valence-electron chi connectivity index (χ0n) is 13.2. The van der Waals surface area contributed by atoms with Crippen molar-refractivity contribution >= 4 is 17.7 Å². The number of primary amides is 1. The van der Waals surface area contributed by atoms with Crippen LogP contribution in [0.2, 0.25) is 0 Å². The van der Waals surface area contributed by atoms with Crippen molar-refractivity contribution < 1.29 is 37.1 Å². The maximum Gasteiger partial charge on any atom is 0.573 e.